The molecule has 0 fully saturated rings. The largest absolute Gasteiger partial charge is 0.319 e. The van der Waals surface area contributed by atoms with Crippen molar-refractivity contribution in [1.82, 2.24) is 19.6 Å². The normalized spacial score (nSPS) is 10.8. The van der Waals surface area contributed by atoms with Crippen LogP contribution in [0, 0.1) is 24.0 Å². The van der Waals surface area contributed by atoms with E-state index in [0.29, 0.717) is 34.7 Å². The highest BCUT2D eigenvalue weighted by molar-refractivity contribution is 6.05. The summed E-state index contributed by atoms with van der Waals surface area (Å²) in [5.74, 6) is -0.283. The second-order valence-electron chi connectivity index (χ2n) is 7.29. The van der Waals surface area contributed by atoms with Crippen LogP contribution in [0.15, 0.2) is 60.8 Å². The van der Waals surface area contributed by atoms with E-state index in [-0.39, 0.29) is 11.6 Å². The van der Waals surface area contributed by atoms with E-state index in [1.165, 1.54) is 18.3 Å². The van der Waals surface area contributed by atoms with Crippen molar-refractivity contribution in [2.75, 3.05) is 5.32 Å². The van der Waals surface area contributed by atoms with E-state index in [9.17, 15) is 14.9 Å². The maximum atomic E-state index is 13.1. The predicted octanol–water partition coefficient (Wildman–Crippen LogP) is 4.40. The number of hydrogen-bond donors (Lipinski definition) is 1. The molecular formula is C23H22N6O3. The lowest BCUT2D eigenvalue weighted by Gasteiger charge is -2.09. The van der Waals surface area contributed by atoms with Gasteiger partial charge in [-0.3, -0.25) is 14.9 Å². The van der Waals surface area contributed by atoms with E-state index in [1.54, 1.807) is 21.5 Å². The molecule has 0 saturated heterocycles. The van der Waals surface area contributed by atoms with Gasteiger partial charge >= 0.3 is 0 Å². The topological polar surface area (TPSA) is 108 Å². The lowest BCUT2D eigenvalue weighted by molar-refractivity contribution is -0.384. The van der Waals surface area contributed by atoms with Gasteiger partial charge in [0, 0.05) is 12.1 Å². The van der Waals surface area contributed by atoms with Crippen molar-refractivity contribution in [2.24, 2.45) is 0 Å². The van der Waals surface area contributed by atoms with Gasteiger partial charge in [0.2, 0.25) is 0 Å². The number of nitrogens with zero attached hydrogens (tertiary/aromatic N) is 5. The Kier molecular flexibility index (Phi) is 5.55. The van der Waals surface area contributed by atoms with Gasteiger partial charge in [-0.25, -0.2) is 9.36 Å². The van der Waals surface area contributed by atoms with Gasteiger partial charge in [-0.2, -0.15) is 10.2 Å². The van der Waals surface area contributed by atoms with Gasteiger partial charge in [0.15, 0.2) is 0 Å². The first-order valence-electron chi connectivity index (χ1n) is 10.2. The van der Waals surface area contributed by atoms with Gasteiger partial charge in [0.05, 0.1) is 50.8 Å². The Morgan fingerprint density at radius 3 is 2.31 bits per heavy atom. The molecule has 162 valence electrons. The highest BCUT2D eigenvalue weighted by Crippen LogP contribution is 2.25. The average Bonchev–Trinajstić information content (AvgIpc) is 3.36. The molecule has 1 N–H and O–H groups in total. The molecule has 0 atom stereocenters. The summed E-state index contributed by atoms with van der Waals surface area (Å²) < 4.78 is 3.43. The third kappa shape index (κ3) is 3.76. The van der Waals surface area contributed by atoms with Gasteiger partial charge in [0.25, 0.3) is 11.6 Å². The molecule has 2 aromatic heterocycles. The number of carbonyl (C=O) groups is 1. The number of aryl methyl sites for hydroxylation is 1. The number of aromatic nitrogens is 4. The number of rotatable bonds is 6. The number of non-ortho nitro benzene ring substituents is 1. The first-order valence-corrected chi connectivity index (χ1v) is 10.2. The van der Waals surface area contributed by atoms with Crippen LogP contribution < -0.4 is 5.32 Å². The summed E-state index contributed by atoms with van der Waals surface area (Å²) in [7, 11) is 0. The minimum atomic E-state index is -0.452. The van der Waals surface area contributed by atoms with E-state index >= 15 is 0 Å². The maximum absolute atomic E-state index is 13.1. The number of nitro groups is 1. The Hall–Kier alpha value is -4.27. The van der Waals surface area contributed by atoms with E-state index in [2.05, 4.69) is 15.5 Å². The van der Waals surface area contributed by atoms with Crippen LogP contribution in [-0.2, 0) is 6.42 Å². The second-order valence-corrected chi connectivity index (χ2v) is 7.29. The summed E-state index contributed by atoms with van der Waals surface area (Å²) in [5, 5.41) is 22.8. The molecule has 4 aromatic rings. The zero-order valence-electron chi connectivity index (χ0n) is 17.9. The molecule has 32 heavy (non-hydrogen) atoms. The minimum absolute atomic E-state index is 0.00157. The van der Waals surface area contributed by atoms with Crippen molar-refractivity contribution in [3.63, 3.8) is 0 Å². The fourth-order valence-corrected chi connectivity index (χ4v) is 3.67. The summed E-state index contributed by atoms with van der Waals surface area (Å²) in [6.45, 7) is 5.69. The Bertz CT molecular complexity index is 1290. The molecule has 0 radical (unpaired) electrons. The van der Waals surface area contributed by atoms with Crippen LogP contribution in [0.4, 0.5) is 11.4 Å². The number of nitro benzene ring substituents is 1. The highest BCUT2D eigenvalue weighted by atomic mass is 16.6. The van der Waals surface area contributed by atoms with Crippen LogP contribution >= 0.6 is 0 Å². The Morgan fingerprint density at radius 1 is 1.03 bits per heavy atom. The van der Waals surface area contributed by atoms with Gasteiger partial charge in [0.1, 0.15) is 0 Å². The second kappa shape index (κ2) is 8.46. The van der Waals surface area contributed by atoms with Gasteiger partial charge in [-0.05, 0) is 44.5 Å². The molecule has 0 aliphatic carbocycles. The molecule has 4 rings (SSSR count). The number of hydrogen-bond acceptors (Lipinski definition) is 5. The molecule has 9 nitrogen and oxygen atoms in total. The van der Waals surface area contributed by atoms with Gasteiger partial charge in [-0.1, -0.05) is 25.1 Å². The van der Waals surface area contributed by atoms with Crippen LogP contribution in [0.3, 0.4) is 0 Å². The summed E-state index contributed by atoms with van der Waals surface area (Å²) in [6, 6.07) is 15.8. The van der Waals surface area contributed by atoms with Crippen LogP contribution in [0.1, 0.15) is 34.4 Å². The molecule has 1 amide bonds. The molecule has 0 unspecified atom stereocenters. The van der Waals surface area contributed by atoms with Crippen LogP contribution in [-0.4, -0.2) is 30.4 Å². The van der Waals surface area contributed by atoms with Crippen molar-refractivity contribution in [2.45, 2.75) is 27.2 Å². The minimum Gasteiger partial charge on any atom is -0.319 e. The Balaban J connectivity index is 1.64. The van der Waals surface area contributed by atoms with Crippen molar-refractivity contribution in [1.29, 1.82) is 0 Å². The SMILES string of the molecule is CCc1c(C(=O)Nc2c(C)nn(-c3ccccc3)c2C)cnn1-c1ccc([N+](=O)[O-])cc1. The first kappa shape index (κ1) is 21.0. The number of nitrogens with one attached hydrogen (secondary N) is 1. The van der Waals surface area contributed by atoms with Gasteiger partial charge in [-0.15, -0.1) is 0 Å². The zero-order valence-corrected chi connectivity index (χ0v) is 17.9. The molecule has 9 heteroatoms. The van der Waals surface area contributed by atoms with Crippen LogP contribution in [0.25, 0.3) is 11.4 Å². The molecule has 0 aliphatic heterocycles. The third-order valence-electron chi connectivity index (χ3n) is 5.28. The third-order valence-corrected chi connectivity index (χ3v) is 5.28. The summed E-state index contributed by atoms with van der Waals surface area (Å²) in [6.07, 6.45) is 2.07. The first-order chi connectivity index (χ1) is 15.4. The molecule has 0 bridgehead atoms. The number of anilines is 1. The molecule has 2 aromatic carbocycles. The fourth-order valence-electron chi connectivity index (χ4n) is 3.67. The molecule has 0 spiro atoms. The number of carbonyl (C=O) groups excluding carboxylic acids is 1. The molecule has 2 heterocycles. The van der Waals surface area contributed by atoms with Crippen molar-refractivity contribution in [3.8, 4) is 11.4 Å². The van der Waals surface area contributed by atoms with E-state index in [1.807, 2.05) is 51.1 Å². The van der Waals surface area contributed by atoms with Crippen LogP contribution in [0.5, 0.6) is 0 Å². The molecular weight excluding hydrogens is 408 g/mol. The Morgan fingerprint density at radius 2 is 1.69 bits per heavy atom. The fraction of sp³-hybridized carbons (Fsp3) is 0.174. The van der Waals surface area contributed by atoms with Gasteiger partial charge < -0.3 is 5.32 Å². The zero-order chi connectivity index (χ0) is 22.8. The molecule has 0 aliphatic rings. The van der Waals surface area contributed by atoms with E-state index in [4.69, 9.17) is 0 Å². The van der Waals surface area contributed by atoms with Crippen molar-refractivity contribution in [3.05, 3.63) is 93.6 Å². The number of benzene rings is 2. The molecule has 0 saturated carbocycles. The monoisotopic (exact) mass is 430 g/mol. The van der Waals surface area contributed by atoms with Crippen molar-refractivity contribution < 1.29 is 9.72 Å². The predicted molar refractivity (Wildman–Crippen MR) is 121 cm³/mol. The van der Waals surface area contributed by atoms with E-state index < -0.39 is 4.92 Å². The maximum Gasteiger partial charge on any atom is 0.269 e. The smallest absolute Gasteiger partial charge is 0.269 e. The average molecular weight is 430 g/mol. The number of para-hydroxylation sites is 1. The number of amides is 1. The standard InChI is InChI=1S/C23H22N6O3/c1-4-21-20(14-24-28(21)18-10-12-19(13-11-18)29(31)32)23(30)25-22-15(2)26-27(16(22)3)17-8-6-5-7-9-17/h5-14H,4H2,1-3H3,(H,25,30). The summed E-state index contributed by atoms with van der Waals surface area (Å²) in [4.78, 5) is 23.6. The lowest BCUT2D eigenvalue weighted by Crippen LogP contribution is -2.15. The summed E-state index contributed by atoms with van der Waals surface area (Å²) >= 11 is 0. The summed E-state index contributed by atoms with van der Waals surface area (Å²) in [5.41, 5.74) is 4.90. The van der Waals surface area contributed by atoms with Crippen molar-refractivity contribution >= 4 is 17.3 Å². The van der Waals surface area contributed by atoms with E-state index in [0.717, 1.165) is 11.4 Å². The van der Waals surface area contributed by atoms with Crippen LogP contribution in [0.2, 0.25) is 0 Å². The Labute approximate surface area is 184 Å². The highest BCUT2D eigenvalue weighted by Gasteiger charge is 2.21. The quantitative estimate of drug-likeness (QED) is 0.360. The lowest BCUT2D eigenvalue weighted by atomic mass is 10.1.